The van der Waals surface area contributed by atoms with E-state index in [0.717, 1.165) is 11.1 Å². The zero-order valence-corrected chi connectivity index (χ0v) is 31.9. The van der Waals surface area contributed by atoms with Crippen LogP contribution in [0, 0.1) is 11.8 Å². The van der Waals surface area contributed by atoms with E-state index in [-0.39, 0.29) is 35.9 Å². The molecule has 4 N–H and O–H groups in total. The van der Waals surface area contributed by atoms with Crippen LogP contribution in [0.2, 0.25) is 20.1 Å². The molecule has 16 heteroatoms. The second kappa shape index (κ2) is 16.2. The molecule has 4 bridgehead atoms. The first-order valence-electron chi connectivity index (χ1n) is 17.1. The number of ether oxygens (including phenoxy) is 4. The average molecular weight is 819 g/mol. The van der Waals surface area contributed by atoms with Crippen molar-refractivity contribution in [1.82, 2.24) is 9.97 Å². The zero-order chi connectivity index (χ0) is 38.3. The van der Waals surface area contributed by atoms with Crippen LogP contribution in [-0.4, -0.2) is 82.8 Å². The van der Waals surface area contributed by atoms with Crippen LogP contribution in [0.3, 0.4) is 0 Å². The number of carbonyl (C=O) groups excluding carboxylic acids is 2. The molecule has 10 atom stereocenters. The van der Waals surface area contributed by atoms with E-state index in [1.54, 1.807) is 60.9 Å². The molecule has 12 nitrogen and oxygen atoms in total. The first-order valence-corrected chi connectivity index (χ1v) is 18.7. The second-order valence-corrected chi connectivity index (χ2v) is 15.1. The van der Waals surface area contributed by atoms with Crippen LogP contribution in [0.4, 0.5) is 11.4 Å². The molecule has 0 aliphatic carbocycles. The Morgan fingerprint density at radius 2 is 1.06 bits per heavy atom. The number of hydrogen-bond acceptors (Lipinski definition) is 10. The van der Waals surface area contributed by atoms with Gasteiger partial charge >= 0.3 is 0 Å². The van der Waals surface area contributed by atoms with Crippen molar-refractivity contribution in [3.63, 3.8) is 0 Å². The van der Waals surface area contributed by atoms with E-state index in [4.69, 9.17) is 65.4 Å². The Bertz CT molecular complexity index is 1900. The number of aliphatic hydroxyl groups excluding tert-OH is 2. The maximum Gasteiger partial charge on any atom is 0.230 e. The molecule has 0 saturated carbocycles. The summed E-state index contributed by atoms with van der Waals surface area (Å²) in [4.78, 5) is 34.3. The number of fused-ring (bicyclic) bond motifs is 4. The van der Waals surface area contributed by atoms with Gasteiger partial charge in [0, 0.05) is 60.6 Å². The number of amides is 2. The highest BCUT2D eigenvalue weighted by molar-refractivity contribution is 6.42. The molecule has 4 aromatic rings. The molecule has 4 aliphatic rings. The van der Waals surface area contributed by atoms with Crippen molar-refractivity contribution < 1.29 is 38.7 Å². The normalized spacial score (nSPS) is 29.0. The number of aliphatic hydroxyl groups is 2. The summed E-state index contributed by atoms with van der Waals surface area (Å²) in [6.45, 7) is 0. The summed E-state index contributed by atoms with van der Waals surface area (Å²) in [5.74, 6) is -0.944. The highest BCUT2D eigenvalue weighted by Crippen LogP contribution is 2.51. The van der Waals surface area contributed by atoms with E-state index >= 15 is 0 Å². The largest absolute Gasteiger partial charge is 0.481 e. The summed E-state index contributed by atoms with van der Waals surface area (Å²) in [7, 11) is 3.07. The molecule has 0 unspecified atom stereocenters. The number of rotatable bonds is 8. The topological polar surface area (TPSA) is 161 Å². The van der Waals surface area contributed by atoms with Crippen LogP contribution in [0.1, 0.15) is 35.8 Å². The number of hydrogen-bond donors (Lipinski definition) is 4. The minimum Gasteiger partial charge on any atom is -0.481 e. The van der Waals surface area contributed by atoms with E-state index in [9.17, 15) is 19.8 Å². The summed E-state index contributed by atoms with van der Waals surface area (Å²) in [6, 6.07) is 17.1. The smallest absolute Gasteiger partial charge is 0.230 e. The molecule has 54 heavy (non-hydrogen) atoms. The Hall–Kier alpha value is -3.72. The molecular weight excluding hydrogens is 782 g/mol. The van der Waals surface area contributed by atoms with Crippen LogP contribution in [0.25, 0.3) is 0 Å². The number of carbonyl (C=O) groups is 2. The van der Waals surface area contributed by atoms with Gasteiger partial charge in [0.05, 0.1) is 82.8 Å². The molecule has 2 aromatic carbocycles. The number of anilines is 2. The van der Waals surface area contributed by atoms with Gasteiger partial charge in [0.1, 0.15) is 0 Å². The molecule has 4 saturated heterocycles. The van der Waals surface area contributed by atoms with Crippen molar-refractivity contribution in [2.24, 2.45) is 11.8 Å². The summed E-state index contributed by atoms with van der Waals surface area (Å²) >= 11 is 23.9. The van der Waals surface area contributed by atoms with Gasteiger partial charge in [0.15, 0.2) is 0 Å². The summed E-state index contributed by atoms with van der Waals surface area (Å²) in [5.41, 5.74) is 2.82. The van der Waals surface area contributed by atoms with Gasteiger partial charge in [-0.15, -0.1) is 0 Å². The van der Waals surface area contributed by atoms with Crippen LogP contribution in [0.15, 0.2) is 73.1 Å². The minimum atomic E-state index is -0.604. The highest BCUT2D eigenvalue weighted by atomic mass is 35.5. The molecule has 0 spiro atoms. The van der Waals surface area contributed by atoms with Gasteiger partial charge in [-0.1, -0.05) is 46.4 Å². The zero-order valence-electron chi connectivity index (χ0n) is 28.9. The Morgan fingerprint density at radius 1 is 0.648 bits per heavy atom. The highest BCUT2D eigenvalue weighted by Gasteiger charge is 2.58. The first kappa shape index (κ1) is 38.6. The lowest BCUT2D eigenvalue weighted by molar-refractivity contribution is -0.122. The van der Waals surface area contributed by atoms with Crippen molar-refractivity contribution in [3.05, 3.63) is 104 Å². The summed E-state index contributed by atoms with van der Waals surface area (Å²) in [6.07, 6.45) is 1.33. The van der Waals surface area contributed by atoms with Crippen molar-refractivity contribution in [1.29, 1.82) is 0 Å². The maximum atomic E-state index is 13.0. The van der Waals surface area contributed by atoms with Crippen LogP contribution < -0.4 is 20.1 Å². The Labute approximate surface area is 331 Å². The number of methoxy groups -OCH3 is 2. The average Bonchev–Trinajstić information content (AvgIpc) is 3.94. The Kier molecular flexibility index (Phi) is 11.5. The van der Waals surface area contributed by atoms with Gasteiger partial charge in [0.2, 0.25) is 23.6 Å². The lowest BCUT2D eigenvalue weighted by Gasteiger charge is -2.30. The summed E-state index contributed by atoms with van der Waals surface area (Å²) in [5, 5.41) is 27.9. The molecule has 284 valence electrons. The van der Waals surface area contributed by atoms with Gasteiger partial charge in [-0.05, 0) is 59.7 Å². The molecular formula is C38H36Cl4N4O8. The standard InChI is InChI=1S/2C19H18Cl2N2O4/c2*1-26-15-6-9(4-5-22-15)16-17(14-8-13(24)18(16)27-14)19(25)23-10-2-3-11(20)12(21)7-10/h2*2-7,13-14,16-18,24H,8H2,1H3,(H,23,25)/t2*13-,14+,16+,17-,18-/m10/s1. The predicted molar refractivity (Wildman–Crippen MR) is 203 cm³/mol. The lowest BCUT2D eigenvalue weighted by Crippen LogP contribution is -2.41. The number of pyridine rings is 2. The summed E-state index contributed by atoms with van der Waals surface area (Å²) < 4.78 is 22.2. The number of aromatic nitrogens is 2. The van der Waals surface area contributed by atoms with Crippen molar-refractivity contribution in [2.75, 3.05) is 24.9 Å². The fourth-order valence-electron chi connectivity index (χ4n) is 7.97. The van der Waals surface area contributed by atoms with E-state index in [1.165, 1.54) is 14.2 Å². The van der Waals surface area contributed by atoms with Crippen LogP contribution in [-0.2, 0) is 19.1 Å². The molecule has 6 heterocycles. The van der Waals surface area contributed by atoms with E-state index in [0.29, 0.717) is 56.1 Å². The van der Waals surface area contributed by atoms with Crippen LogP contribution in [0.5, 0.6) is 11.8 Å². The number of halogens is 4. The molecule has 4 fully saturated rings. The predicted octanol–water partition coefficient (Wildman–Crippen LogP) is 6.54. The minimum absolute atomic E-state index is 0.187. The fourth-order valence-corrected chi connectivity index (χ4v) is 8.56. The van der Waals surface area contributed by atoms with E-state index < -0.39 is 36.3 Å². The number of nitrogens with one attached hydrogen (secondary N) is 2. The van der Waals surface area contributed by atoms with Crippen molar-refractivity contribution in [2.45, 2.75) is 61.3 Å². The maximum absolute atomic E-state index is 13.0. The third-order valence-corrected chi connectivity index (χ3v) is 11.8. The SMILES string of the molecule is COc1cc([C@@H]2[C@@H]3O[C@@H](C[C@H]3O)[C@H]2C(=O)Nc2ccc(Cl)c(Cl)c2)ccn1.COc1cc([C@H]2[C@H]3O[C@H](C[C@@H]3O)[C@@H]2C(=O)Nc2ccc(Cl)c(Cl)c2)ccn1. The molecule has 2 amide bonds. The molecule has 2 aromatic heterocycles. The first-order chi connectivity index (χ1) is 25.9. The van der Waals surface area contributed by atoms with Gasteiger partial charge < -0.3 is 39.8 Å². The van der Waals surface area contributed by atoms with Crippen molar-refractivity contribution >= 4 is 69.6 Å². The van der Waals surface area contributed by atoms with Gasteiger partial charge in [-0.25, -0.2) is 9.97 Å². The van der Waals surface area contributed by atoms with E-state index in [2.05, 4.69) is 20.6 Å². The Morgan fingerprint density at radius 3 is 1.43 bits per heavy atom. The quantitative estimate of drug-likeness (QED) is 0.154. The third-order valence-electron chi connectivity index (χ3n) is 10.3. The van der Waals surface area contributed by atoms with Gasteiger partial charge in [-0.2, -0.15) is 0 Å². The molecule has 8 rings (SSSR count). The van der Waals surface area contributed by atoms with E-state index in [1.807, 2.05) is 12.1 Å². The molecule has 4 aliphatic heterocycles. The number of nitrogens with zero attached hydrogens (tertiary/aromatic N) is 2. The van der Waals surface area contributed by atoms with Crippen LogP contribution >= 0.6 is 46.4 Å². The fraction of sp³-hybridized carbons (Fsp3) is 0.368. The second-order valence-electron chi connectivity index (χ2n) is 13.5. The molecule has 0 radical (unpaired) electrons. The van der Waals surface area contributed by atoms with Gasteiger partial charge in [0.25, 0.3) is 0 Å². The monoisotopic (exact) mass is 816 g/mol. The number of benzene rings is 2. The van der Waals surface area contributed by atoms with Gasteiger partial charge in [-0.3, -0.25) is 9.59 Å². The third kappa shape index (κ3) is 7.71. The lowest BCUT2D eigenvalue weighted by atomic mass is 9.74. The van der Waals surface area contributed by atoms with Crippen molar-refractivity contribution in [3.8, 4) is 11.8 Å². The Balaban J connectivity index is 0.000000167.